The molecule has 134 valence electrons. The number of benzene rings is 1. The van der Waals surface area contributed by atoms with E-state index >= 15 is 0 Å². The fourth-order valence-electron chi connectivity index (χ4n) is 2.77. The van der Waals surface area contributed by atoms with Crippen LogP contribution in [0.3, 0.4) is 0 Å². The van der Waals surface area contributed by atoms with Gasteiger partial charge in [0, 0.05) is 42.0 Å². The van der Waals surface area contributed by atoms with E-state index in [4.69, 9.17) is 0 Å². The molecule has 0 unspecified atom stereocenters. The Bertz CT molecular complexity index is 1030. The molecular weight excluding hydrogens is 356 g/mol. The predicted molar refractivity (Wildman–Crippen MR) is 107 cm³/mol. The highest BCUT2D eigenvalue weighted by atomic mass is 32.1. The molecule has 0 aliphatic rings. The van der Waals surface area contributed by atoms with Gasteiger partial charge in [-0.2, -0.15) is 5.10 Å². The maximum absolute atomic E-state index is 12.4. The van der Waals surface area contributed by atoms with E-state index in [1.54, 1.807) is 28.4 Å². The Balaban J connectivity index is 1.37. The summed E-state index contributed by atoms with van der Waals surface area (Å²) in [6.45, 7) is 0.436. The maximum Gasteiger partial charge on any atom is 0.251 e. The lowest BCUT2D eigenvalue weighted by Crippen LogP contribution is -2.22. The third-order valence-electron chi connectivity index (χ3n) is 4.23. The summed E-state index contributed by atoms with van der Waals surface area (Å²) in [7, 11) is 1.88. The number of carbonyl (C=O) groups excluding carboxylic acids is 1. The number of hydrogen-bond acceptors (Lipinski definition) is 4. The molecular formula is C21H18N4OS. The molecule has 0 bridgehead atoms. The molecule has 0 aliphatic carbocycles. The van der Waals surface area contributed by atoms with Gasteiger partial charge in [-0.25, -0.2) is 0 Å². The van der Waals surface area contributed by atoms with Crippen molar-refractivity contribution in [2.24, 2.45) is 7.05 Å². The van der Waals surface area contributed by atoms with E-state index in [1.807, 2.05) is 61.1 Å². The first kappa shape index (κ1) is 17.2. The van der Waals surface area contributed by atoms with Crippen molar-refractivity contribution in [2.45, 2.75) is 6.54 Å². The summed E-state index contributed by atoms with van der Waals surface area (Å²) >= 11 is 1.69. The fraction of sp³-hybridized carbons (Fsp3) is 0.0952. The second kappa shape index (κ2) is 7.55. The number of amides is 1. The monoisotopic (exact) mass is 374 g/mol. The fourth-order valence-corrected chi connectivity index (χ4v) is 3.50. The van der Waals surface area contributed by atoms with Gasteiger partial charge in [-0.05, 0) is 40.8 Å². The maximum atomic E-state index is 12.4. The molecule has 0 spiro atoms. The van der Waals surface area contributed by atoms with Crippen LogP contribution < -0.4 is 5.32 Å². The molecule has 3 aromatic heterocycles. The largest absolute Gasteiger partial charge is 0.348 e. The van der Waals surface area contributed by atoms with Crippen molar-refractivity contribution in [3.8, 4) is 21.7 Å². The molecule has 0 atom stereocenters. The van der Waals surface area contributed by atoms with Gasteiger partial charge >= 0.3 is 0 Å². The molecule has 4 aromatic rings. The Morgan fingerprint density at radius 2 is 1.93 bits per heavy atom. The number of rotatable bonds is 5. The average Bonchev–Trinajstić information content (AvgIpc) is 3.39. The summed E-state index contributed by atoms with van der Waals surface area (Å²) < 4.78 is 1.74. The quantitative estimate of drug-likeness (QED) is 0.571. The number of nitrogens with zero attached hydrogens (tertiary/aromatic N) is 3. The van der Waals surface area contributed by atoms with Gasteiger partial charge in [0.05, 0.1) is 11.9 Å². The third-order valence-corrected chi connectivity index (χ3v) is 5.15. The van der Waals surface area contributed by atoms with Crippen molar-refractivity contribution in [3.63, 3.8) is 0 Å². The van der Waals surface area contributed by atoms with Gasteiger partial charge in [0.2, 0.25) is 0 Å². The van der Waals surface area contributed by atoms with Crippen LogP contribution in [0.5, 0.6) is 0 Å². The van der Waals surface area contributed by atoms with Crippen molar-refractivity contribution in [2.75, 3.05) is 0 Å². The van der Waals surface area contributed by atoms with Gasteiger partial charge in [-0.15, -0.1) is 11.3 Å². The molecule has 3 heterocycles. The van der Waals surface area contributed by atoms with Crippen LogP contribution in [-0.2, 0) is 13.6 Å². The number of nitrogens with one attached hydrogen (secondary N) is 1. The van der Waals surface area contributed by atoms with Gasteiger partial charge in [-0.3, -0.25) is 14.5 Å². The molecule has 6 heteroatoms. The highest BCUT2D eigenvalue weighted by Gasteiger charge is 2.07. The number of aromatic nitrogens is 3. The lowest BCUT2D eigenvalue weighted by molar-refractivity contribution is 0.0951. The van der Waals surface area contributed by atoms with Crippen LogP contribution in [-0.4, -0.2) is 20.7 Å². The predicted octanol–water partition coefficient (Wildman–Crippen LogP) is 4.14. The topological polar surface area (TPSA) is 59.8 Å². The van der Waals surface area contributed by atoms with Crippen LogP contribution in [0, 0.1) is 0 Å². The highest BCUT2D eigenvalue weighted by Crippen LogP contribution is 2.24. The van der Waals surface area contributed by atoms with Gasteiger partial charge in [0.25, 0.3) is 5.91 Å². The first-order valence-electron chi connectivity index (χ1n) is 8.55. The Labute approximate surface area is 161 Å². The third kappa shape index (κ3) is 3.96. The molecule has 0 saturated carbocycles. The number of pyridine rings is 1. The van der Waals surface area contributed by atoms with Crippen LogP contribution in [0.25, 0.3) is 21.7 Å². The van der Waals surface area contributed by atoms with Crippen molar-refractivity contribution in [1.82, 2.24) is 20.1 Å². The summed E-state index contributed by atoms with van der Waals surface area (Å²) in [5, 5.41) is 9.14. The zero-order chi connectivity index (χ0) is 18.6. The zero-order valence-electron chi connectivity index (χ0n) is 14.8. The van der Waals surface area contributed by atoms with Gasteiger partial charge in [0.1, 0.15) is 0 Å². The van der Waals surface area contributed by atoms with Crippen molar-refractivity contribution in [3.05, 3.63) is 83.6 Å². The van der Waals surface area contributed by atoms with E-state index < -0.39 is 0 Å². The molecule has 5 nitrogen and oxygen atoms in total. The number of thiophene rings is 1. The zero-order valence-corrected chi connectivity index (χ0v) is 15.6. The van der Waals surface area contributed by atoms with E-state index in [0.717, 1.165) is 22.4 Å². The minimum Gasteiger partial charge on any atom is -0.348 e. The Morgan fingerprint density at radius 3 is 2.56 bits per heavy atom. The van der Waals surface area contributed by atoms with Crippen LogP contribution >= 0.6 is 11.3 Å². The summed E-state index contributed by atoms with van der Waals surface area (Å²) in [6.07, 6.45) is 5.48. The van der Waals surface area contributed by atoms with E-state index in [0.29, 0.717) is 12.1 Å². The SMILES string of the molecule is Cn1cc(-c2ccc(CNC(=O)c3ccc(-c4cccs4)cc3)cn2)cn1. The number of hydrogen-bond donors (Lipinski definition) is 1. The Kier molecular flexibility index (Phi) is 4.80. The lowest BCUT2D eigenvalue weighted by Gasteiger charge is -2.07. The van der Waals surface area contributed by atoms with Crippen LogP contribution in [0.15, 0.2) is 72.5 Å². The van der Waals surface area contributed by atoms with Crippen LogP contribution in [0.1, 0.15) is 15.9 Å². The highest BCUT2D eigenvalue weighted by molar-refractivity contribution is 7.13. The molecule has 27 heavy (non-hydrogen) atoms. The Morgan fingerprint density at radius 1 is 1.07 bits per heavy atom. The normalized spacial score (nSPS) is 10.7. The summed E-state index contributed by atoms with van der Waals surface area (Å²) in [5.41, 5.74) is 4.56. The second-order valence-corrected chi connectivity index (χ2v) is 7.14. The summed E-state index contributed by atoms with van der Waals surface area (Å²) in [5.74, 6) is -0.0935. The molecule has 0 fully saturated rings. The molecule has 0 saturated heterocycles. The average molecular weight is 374 g/mol. The van der Waals surface area contributed by atoms with Crippen molar-refractivity contribution in [1.29, 1.82) is 0 Å². The van der Waals surface area contributed by atoms with Crippen molar-refractivity contribution < 1.29 is 4.79 Å². The van der Waals surface area contributed by atoms with Crippen LogP contribution in [0.4, 0.5) is 0 Å². The van der Waals surface area contributed by atoms with E-state index in [2.05, 4.69) is 21.5 Å². The van der Waals surface area contributed by atoms with Crippen LogP contribution in [0.2, 0.25) is 0 Å². The molecule has 1 N–H and O–H groups in total. The number of carbonyl (C=O) groups is 1. The minimum absolute atomic E-state index is 0.0935. The van der Waals surface area contributed by atoms with Gasteiger partial charge in [0.15, 0.2) is 0 Å². The van der Waals surface area contributed by atoms with Crippen molar-refractivity contribution >= 4 is 17.2 Å². The molecule has 0 radical (unpaired) electrons. The molecule has 0 aliphatic heterocycles. The summed E-state index contributed by atoms with van der Waals surface area (Å²) in [6, 6.07) is 15.7. The first-order chi connectivity index (χ1) is 13.2. The Hall–Kier alpha value is -3.25. The second-order valence-electron chi connectivity index (χ2n) is 6.19. The van der Waals surface area contributed by atoms with E-state index in [-0.39, 0.29) is 5.91 Å². The summed E-state index contributed by atoms with van der Waals surface area (Å²) in [4.78, 5) is 18.0. The molecule has 1 aromatic carbocycles. The standard InChI is InChI=1S/C21H18N4OS/c1-25-14-18(13-24-25)19-9-4-15(11-22-19)12-23-21(26)17-7-5-16(6-8-17)20-3-2-10-27-20/h2-11,13-14H,12H2,1H3,(H,23,26). The van der Waals surface area contributed by atoms with Gasteiger partial charge < -0.3 is 5.32 Å². The van der Waals surface area contributed by atoms with Gasteiger partial charge in [-0.1, -0.05) is 24.3 Å². The lowest BCUT2D eigenvalue weighted by atomic mass is 10.1. The first-order valence-corrected chi connectivity index (χ1v) is 9.43. The van der Waals surface area contributed by atoms with E-state index in [1.165, 1.54) is 4.88 Å². The molecule has 1 amide bonds. The molecule has 4 rings (SSSR count). The van der Waals surface area contributed by atoms with E-state index in [9.17, 15) is 4.79 Å². The number of aryl methyl sites for hydroxylation is 1. The minimum atomic E-state index is -0.0935. The smallest absolute Gasteiger partial charge is 0.251 e.